The molecule has 1 fully saturated rings. The second-order valence-electron chi connectivity index (χ2n) is 9.36. The molecule has 0 radical (unpaired) electrons. The molecule has 2 atom stereocenters. The average Bonchev–Trinajstić information content (AvgIpc) is 3.22. The molecule has 1 saturated heterocycles. The first-order chi connectivity index (χ1) is 17.1. The van der Waals surface area contributed by atoms with Gasteiger partial charge in [0.25, 0.3) is 0 Å². The van der Waals surface area contributed by atoms with Crippen LogP contribution in [0.1, 0.15) is 41.5 Å². The molecule has 1 N–H and O–H groups in total. The van der Waals surface area contributed by atoms with Crippen molar-refractivity contribution in [2.75, 3.05) is 31.3 Å². The van der Waals surface area contributed by atoms with Crippen LogP contribution < -0.4 is 10.7 Å². The number of ether oxygens (including phenoxy) is 1. The van der Waals surface area contributed by atoms with Gasteiger partial charge in [-0.2, -0.15) is 4.31 Å². The number of fused-ring (bicyclic) bond motifs is 1. The van der Waals surface area contributed by atoms with Crippen LogP contribution in [0.4, 0.5) is 10.1 Å². The molecular weight excluding hydrogens is 511 g/mol. The van der Waals surface area contributed by atoms with E-state index < -0.39 is 33.6 Å². The standard InChI is InChI=1S/C24H26ClFN4O5S/c1-13-4-6-18(26)21(14(13)2)15(3)22(23-27-28-24(31)35-23)30-12-29(9-16-10-34-11-16)19-8-17(25)5-7-20(19)36(30,32)33/h4-8,15-16,22H,9-12H2,1-3H3,(H,28,31)/t15-,22+/m1/s1. The molecular formula is C24H26ClFN4O5S. The van der Waals surface area contributed by atoms with Gasteiger partial charge in [-0.05, 0) is 54.8 Å². The molecule has 0 spiro atoms. The lowest BCUT2D eigenvalue weighted by Crippen LogP contribution is -2.52. The highest BCUT2D eigenvalue weighted by atomic mass is 35.5. The van der Waals surface area contributed by atoms with Crippen molar-refractivity contribution in [2.45, 2.75) is 37.6 Å². The normalized spacial score (nSPS) is 19.5. The molecule has 12 heteroatoms. The second-order valence-corrected chi connectivity index (χ2v) is 11.7. The van der Waals surface area contributed by atoms with Crippen LogP contribution in [0.5, 0.6) is 0 Å². The fraction of sp³-hybridized carbons (Fsp3) is 0.417. The summed E-state index contributed by atoms with van der Waals surface area (Å²) in [6, 6.07) is 6.53. The molecule has 5 rings (SSSR count). The summed E-state index contributed by atoms with van der Waals surface area (Å²) in [6.07, 6.45) is 0. The minimum absolute atomic E-state index is 0.0647. The van der Waals surface area contributed by atoms with Gasteiger partial charge in [0.05, 0.1) is 25.6 Å². The van der Waals surface area contributed by atoms with E-state index in [-0.39, 0.29) is 23.4 Å². The van der Waals surface area contributed by atoms with E-state index in [9.17, 15) is 13.2 Å². The number of nitrogens with one attached hydrogen (secondary N) is 1. The van der Waals surface area contributed by atoms with Crippen molar-refractivity contribution < 1.29 is 22.0 Å². The number of halogens is 2. The zero-order chi connectivity index (χ0) is 25.8. The number of aromatic nitrogens is 2. The summed E-state index contributed by atoms with van der Waals surface area (Å²) in [5, 5.41) is 6.60. The lowest BCUT2D eigenvalue weighted by atomic mass is 9.87. The molecule has 36 heavy (non-hydrogen) atoms. The van der Waals surface area contributed by atoms with Crippen LogP contribution in [-0.2, 0) is 14.8 Å². The van der Waals surface area contributed by atoms with Gasteiger partial charge >= 0.3 is 5.76 Å². The summed E-state index contributed by atoms with van der Waals surface area (Å²) in [5.74, 6) is -1.96. The molecule has 0 amide bonds. The Morgan fingerprint density at radius 3 is 2.64 bits per heavy atom. The van der Waals surface area contributed by atoms with E-state index >= 15 is 4.39 Å². The Morgan fingerprint density at radius 2 is 2.00 bits per heavy atom. The van der Waals surface area contributed by atoms with E-state index in [1.54, 1.807) is 26.0 Å². The Morgan fingerprint density at radius 1 is 1.25 bits per heavy atom. The number of anilines is 1. The second kappa shape index (κ2) is 9.29. The maximum atomic E-state index is 15.2. The topological polar surface area (TPSA) is 109 Å². The lowest BCUT2D eigenvalue weighted by Gasteiger charge is -2.44. The zero-order valence-electron chi connectivity index (χ0n) is 20.0. The van der Waals surface area contributed by atoms with Crippen LogP contribution in [0, 0.1) is 25.6 Å². The van der Waals surface area contributed by atoms with Crippen molar-refractivity contribution in [1.82, 2.24) is 14.5 Å². The van der Waals surface area contributed by atoms with Crippen LogP contribution in [0.15, 0.2) is 44.4 Å². The Hall–Kier alpha value is -2.73. The number of hydrogen-bond acceptors (Lipinski definition) is 7. The Bertz CT molecular complexity index is 1470. The molecule has 0 unspecified atom stereocenters. The molecule has 9 nitrogen and oxygen atoms in total. The molecule has 3 aromatic rings. The highest BCUT2D eigenvalue weighted by Gasteiger charge is 2.46. The molecule has 1 aromatic heterocycles. The van der Waals surface area contributed by atoms with Crippen molar-refractivity contribution in [1.29, 1.82) is 0 Å². The average molecular weight is 537 g/mol. The molecule has 0 bridgehead atoms. The van der Waals surface area contributed by atoms with E-state index in [2.05, 4.69) is 10.2 Å². The fourth-order valence-corrected chi connectivity index (χ4v) is 6.95. The smallest absolute Gasteiger partial charge is 0.391 e. The fourth-order valence-electron chi connectivity index (χ4n) is 4.97. The number of H-pyrrole nitrogens is 1. The number of hydrogen-bond donors (Lipinski definition) is 1. The largest absolute Gasteiger partial charge is 0.434 e. The van der Waals surface area contributed by atoms with E-state index in [1.807, 2.05) is 11.8 Å². The molecule has 2 aliphatic heterocycles. The summed E-state index contributed by atoms with van der Waals surface area (Å²) in [4.78, 5) is 13.9. The van der Waals surface area contributed by atoms with Gasteiger partial charge in [-0.15, -0.1) is 5.10 Å². The minimum atomic E-state index is -4.12. The first kappa shape index (κ1) is 24.9. The van der Waals surface area contributed by atoms with E-state index in [0.29, 0.717) is 41.6 Å². The summed E-state index contributed by atoms with van der Waals surface area (Å²) >= 11 is 6.23. The molecule has 0 aliphatic carbocycles. The maximum absolute atomic E-state index is 15.2. The molecule has 0 saturated carbocycles. The Labute approximate surface area is 212 Å². The Balaban J connectivity index is 1.67. The van der Waals surface area contributed by atoms with Gasteiger partial charge in [0.15, 0.2) is 0 Å². The lowest BCUT2D eigenvalue weighted by molar-refractivity contribution is -0.0284. The van der Waals surface area contributed by atoms with Crippen LogP contribution in [0.25, 0.3) is 0 Å². The maximum Gasteiger partial charge on any atom is 0.434 e. The summed E-state index contributed by atoms with van der Waals surface area (Å²) in [6.45, 7) is 6.96. The highest BCUT2D eigenvalue weighted by Crippen LogP contribution is 2.45. The van der Waals surface area contributed by atoms with Crippen LogP contribution in [0.2, 0.25) is 5.02 Å². The molecule has 2 aromatic carbocycles. The van der Waals surface area contributed by atoms with Crippen molar-refractivity contribution >= 4 is 27.3 Å². The van der Waals surface area contributed by atoms with Gasteiger partial charge in [0.2, 0.25) is 15.9 Å². The number of aryl methyl sites for hydroxylation is 1. The van der Waals surface area contributed by atoms with Crippen molar-refractivity contribution in [2.24, 2.45) is 5.92 Å². The third kappa shape index (κ3) is 4.23. The number of aromatic amines is 1. The monoisotopic (exact) mass is 536 g/mol. The summed E-state index contributed by atoms with van der Waals surface area (Å²) < 4.78 is 55.0. The molecule has 3 heterocycles. The summed E-state index contributed by atoms with van der Waals surface area (Å²) in [5.41, 5.74) is 2.36. The van der Waals surface area contributed by atoms with Crippen molar-refractivity contribution in [3.63, 3.8) is 0 Å². The van der Waals surface area contributed by atoms with Crippen LogP contribution in [0.3, 0.4) is 0 Å². The van der Waals surface area contributed by atoms with Crippen LogP contribution in [-0.4, -0.2) is 49.3 Å². The third-order valence-electron chi connectivity index (χ3n) is 7.02. The van der Waals surface area contributed by atoms with Crippen LogP contribution >= 0.6 is 11.6 Å². The number of nitrogens with zero attached hydrogens (tertiary/aromatic N) is 3. The summed E-state index contributed by atoms with van der Waals surface area (Å²) in [7, 11) is -4.12. The first-order valence-corrected chi connectivity index (χ1v) is 13.3. The van der Waals surface area contributed by atoms with Gasteiger partial charge in [-0.25, -0.2) is 22.7 Å². The number of benzene rings is 2. The quantitative estimate of drug-likeness (QED) is 0.511. The van der Waals surface area contributed by atoms with Crippen molar-refractivity contribution in [3.8, 4) is 0 Å². The predicted molar refractivity (Wildman–Crippen MR) is 131 cm³/mol. The van der Waals surface area contributed by atoms with Gasteiger partial charge in [-0.1, -0.05) is 24.6 Å². The number of rotatable bonds is 6. The Kier molecular flexibility index (Phi) is 6.44. The molecule has 192 valence electrons. The van der Waals surface area contributed by atoms with Gasteiger partial charge in [0, 0.05) is 23.4 Å². The highest BCUT2D eigenvalue weighted by molar-refractivity contribution is 7.89. The first-order valence-electron chi connectivity index (χ1n) is 11.5. The minimum Gasteiger partial charge on any atom is -0.391 e. The zero-order valence-corrected chi connectivity index (χ0v) is 21.6. The van der Waals surface area contributed by atoms with Gasteiger partial charge < -0.3 is 14.1 Å². The predicted octanol–water partition coefficient (Wildman–Crippen LogP) is 3.73. The van der Waals surface area contributed by atoms with Gasteiger partial charge in [0.1, 0.15) is 16.8 Å². The SMILES string of the molecule is Cc1ccc(F)c([C@@H](C)[C@@H](c2n[nH]c(=O)o2)N2CN(CC3COC3)c3cc(Cl)ccc3S2(=O)=O)c1C. The number of sulfonamides is 1. The van der Waals surface area contributed by atoms with E-state index in [0.717, 1.165) is 5.56 Å². The van der Waals surface area contributed by atoms with E-state index in [1.165, 1.54) is 22.5 Å². The van der Waals surface area contributed by atoms with Crippen molar-refractivity contribution in [3.05, 3.63) is 74.3 Å². The molecule has 2 aliphatic rings. The third-order valence-corrected chi connectivity index (χ3v) is 9.12. The van der Waals surface area contributed by atoms with E-state index in [4.69, 9.17) is 20.8 Å². The van der Waals surface area contributed by atoms with Gasteiger partial charge in [-0.3, -0.25) is 0 Å².